The summed E-state index contributed by atoms with van der Waals surface area (Å²) in [6.45, 7) is -1.38. The number of hydrogen-bond acceptors (Lipinski definition) is 37. The van der Waals surface area contributed by atoms with Crippen LogP contribution in [0.5, 0.6) is 0 Å². The summed E-state index contributed by atoms with van der Waals surface area (Å²) in [6, 6.07) is 4.21. The molecule has 126 heavy (non-hydrogen) atoms. The predicted molar refractivity (Wildman–Crippen MR) is 430 cm³/mol. The molecule has 5 fully saturated rings. The second kappa shape index (κ2) is 49.9. The zero-order valence-electron chi connectivity index (χ0n) is 69.8. The summed E-state index contributed by atoms with van der Waals surface area (Å²) < 4.78 is 64.6. The Morgan fingerprint density at radius 1 is 0.484 bits per heavy atom. The zero-order chi connectivity index (χ0) is 92.4. The summed E-state index contributed by atoms with van der Waals surface area (Å²) in [5, 5.41) is 194. The lowest BCUT2D eigenvalue weighted by molar-refractivity contribution is -0.344. The molecule has 46 nitrogen and oxygen atoms in total. The summed E-state index contributed by atoms with van der Waals surface area (Å²) in [4.78, 5) is 134. The monoisotopic (exact) mass is 1820 g/mol. The van der Waals surface area contributed by atoms with E-state index in [0.717, 1.165) is 49.9 Å². The van der Waals surface area contributed by atoms with Crippen molar-refractivity contribution in [2.24, 2.45) is 0 Å². The molecule has 5 aliphatic heterocycles. The molecule has 5 saturated heterocycles. The van der Waals surface area contributed by atoms with Crippen molar-refractivity contribution >= 4 is 71.9 Å². The fourth-order valence-electron chi connectivity index (χ4n) is 15.6. The first-order valence-corrected chi connectivity index (χ1v) is 42.2. The van der Waals surface area contributed by atoms with Gasteiger partial charge in [-0.25, -0.2) is 9.59 Å². The fourth-order valence-corrected chi connectivity index (χ4v) is 15.7. The van der Waals surface area contributed by atoms with Crippen molar-refractivity contribution in [1.29, 1.82) is 0 Å². The first kappa shape index (κ1) is 104. The Labute approximate surface area is 729 Å². The van der Waals surface area contributed by atoms with E-state index in [0.29, 0.717) is 0 Å². The number of ether oxygens (including phenoxy) is 11. The Hall–Kier alpha value is -7.71. The van der Waals surface area contributed by atoms with Crippen LogP contribution in [-0.2, 0) is 95.3 Å². The van der Waals surface area contributed by atoms with E-state index in [1.807, 2.05) is 48.5 Å². The third-order valence-electron chi connectivity index (χ3n) is 22.2. The normalized spacial score (nSPS) is 31.3. The maximum atomic E-state index is 15.3. The summed E-state index contributed by atoms with van der Waals surface area (Å²) >= 11 is 3.97. The van der Waals surface area contributed by atoms with Gasteiger partial charge in [-0.3, -0.25) is 38.4 Å². The van der Waals surface area contributed by atoms with Gasteiger partial charge in [0.15, 0.2) is 25.2 Å². The lowest BCUT2D eigenvalue weighted by Crippen LogP contribution is -2.69. The van der Waals surface area contributed by atoms with Crippen molar-refractivity contribution in [3.05, 3.63) is 59.7 Å². The Morgan fingerprint density at radius 3 is 1.40 bits per heavy atom. The van der Waals surface area contributed by atoms with Crippen LogP contribution in [0.15, 0.2) is 48.5 Å². The molecule has 25 N–H and O–H groups in total. The van der Waals surface area contributed by atoms with Gasteiger partial charge in [-0.2, -0.15) is 12.6 Å². The number of rotatable bonds is 47. The molecule has 0 unspecified atom stereocenters. The van der Waals surface area contributed by atoms with Crippen LogP contribution in [0.4, 0.5) is 4.79 Å². The molecule has 0 bridgehead atoms. The second-order valence-corrected chi connectivity index (χ2v) is 31.8. The number of amides is 9. The zero-order valence-corrected chi connectivity index (χ0v) is 70.7. The van der Waals surface area contributed by atoms with Crippen LogP contribution in [0.3, 0.4) is 0 Å². The number of carboxylic acids is 1. The molecule has 9 amide bonds. The number of carbonyl (C=O) groups is 10. The van der Waals surface area contributed by atoms with Gasteiger partial charge in [0, 0.05) is 72.9 Å². The van der Waals surface area contributed by atoms with E-state index in [2.05, 4.69) is 60.5 Å². The average molecular weight is 1820 g/mol. The van der Waals surface area contributed by atoms with E-state index in [9.17, 15) is 120 Å². The minimum atomic E-state index is -2.95. The highest BCUT2D eigenvalue weighted by molar-refractivity contribution is 7.81. The maximum Gasteiger partial charge on any atom is 0.407 e. The molecule has 0 aromatic heterocycles. The number of hydrogen-bond donors (Lipinski definition) is 26. The molecule has 5 heterocycles. The van der Waals surface area contributed by atoms with Gasteiger partial charge < -0.3 is 182 Å². The van der Waals surface area contributed by atoms with Crippen LogP contribution >= 0.6 is 12.6 Å². The van der Waals surface area contributed by atoms with Gasteiger partial charge >= 0.3 is 12.1 Å². The number of alkyl carbamates (subject to hydrolysis) is 1. The van der Waals surface area contributed by atoms with E-state index in [1.165, 1.54) is 0 Å². The topological polar surface area (TPSA) is 704 Å². The number of thiol groups is 1. The number of benzene rings is 2. The molecule has 47 heteroatoms. The molecule has 0 radical (unpaired) electrons. The minimum absolute atomic E-state index is 0.0497. The highest BCUT2D eigenvalue weighted by Gasteiger charge is 2.58. The quantitative estimate of drug-likeness (QED) is 0.0216. The lowest BCUT2D eigenvalue weighted by Gasteiger charge is -2.47. The molecule has 2 aromatic carbocycles. The molecule has 0 saturated carbocycles. The van der Waals surface area contributed by atoms with Crippen molar-refractivity contribution in [3.63, 3.8) is 0 Å². The van der Waals surface area contributed by atoms with Gasteiger partial charge in [-0.1, -0.05) is 48.5 Å². The van der Waals surface area contributed by atoms with Crippen molar-refractivity contribution in [2.45, 2.75) is 281 Å². The number of aliphatic carboxylic acids is 1. The molecule has 1 aliphatic carbocycles. The summed E-state index contributed by atoms with van der Waals surface area (Å²) in [7, 11) is 0. The van der Waals surface area contributed by atoms with E-state index in [1.54, 1.807) is 0 Å². The Morgan fingerprint density at radius 2 is 0.913 bits per heavy atom. The van der Waals surface area contributed by atoms with Gasteiger partial charge in [-0.15, -0.1) is 0 Å². The number of aliphatic hydroxyl groups excluding tert-OH is 15. The standard InChI is InChI=1S/C79H121N9O37S/c1-36(93)82-55-48(97)28-79(77(112)113,125-69(55)59(100)49(98)29-89)119-34-53-62(103)65(106)57(84-38(3)95)74(123-53)116-26-14-11-22-47(88-78(114)118-33-44-42-18-7-5-16-40(42)41-17-6-8-19-43(41)44)72(111)87-46(21-10-13-27-117-75-58(85-39(4)96)68(63(104)52(32-92)121-75)124-76-67(108)66(107)61(102)51(31-91)122-76)71(110)86-45(70(109)81-24-15-23-80-54(99)35-126)20-9-12-25-115-73-56(83-37(2)94)64(105)60(101)50(30-90)120-73/h5-8,16-19,44-53,55-69,73-76,89-92,97-98,100-108,126H,9-15,20-35H2,1-4H3,(H,80,99)(H,81,109)(H,82,93)(H,83,94)(H,84,95)(H,85,96)(H,86,110)(H,87,111)(H,88,114)(H,112,113)/t45-,46-,47-,48-,49+,50+,51+,52+,53+,55+,56+,57+,58+,59+,60-,61-,62-,63-,64+,65+,66-,67+,68+,69+,73-,74-,75-,76-,79+/m0/s1. The largest absolute Gasteiger partial charge is 0.477 e. The Bertz CT molecular complexity index is 3830. The number of unbranched alkanes of at least 4 members (excludes halogenated alkanes) is 3. The van der Waals surface area contributed by atoms with E-state index < -0.39 is 282 Å². The number of aliphatic hydroxyl groups is 15. The van der Waals surface area contributed by atoms with Crippen LogP contribution in [0.25, 0.3) is 11.1 Å². The Kier molecular flexibility index (Phi) is 41.1. The molecular formula is C79H121N9O37S. The van der Waals surface area contributed by atoms with Gasteiger partial charge in [-0.05, 0) is 86.5 Å². The summed E-state index contributed by atoms with van der Waals surface area (Å²) in [5.41, 5.74) is 3.42. The third kappa shape index (κ3) is 27.9. The van der Waals surface area contributed by atoms with Crippen LogP contribution < -0.4 is 47.9 Å². The number of fused-ring (bicyclic) bond motifs is 3. The molecule has 710 valence electrons. The molecule has 29 atom stereocenters. The van der Waals surface area contributed by atoms with Gasteiger partial charge in [0.2, 0.25) is 47.3 Å². The van der Waals surface area contributed by atoms with E-state index in [-0.39, 0.29) is 109 Å². The molecule has 6 aliphatic rings. The van der Waals surface area contributed by atoms with E-state index in [4.69, 9.17) is 52.1 Å². The minimum Gasteiger partial charge on any atom is -0.477 e. The van der Waals surface area contributed by atoms with Crippen LogP contribution in [0, 0.1) is 0 Å². The van der Waals surface area contributed by atoms with Crippen LogP contribution in [0.1, 0.15) is 115 Å². The van der Waals surface area contributed by atoms with Crippen molar-refractivity contribution < 1.29 is 182 Å². The molecule has 8 rings (SSSR count). The highest BCUT2D eigenvalue weighted by atomic mass is 32.1. The first-order chi connectivity index (χ1) is 60.0. The lowest BCUT2D eigenvalue weighted by atomic mass is 9.88. The third-order valence-corrected chi connectivity index (χ3v) is 22.5. The fraction of sp³-hybridized carbons (Fsp3) is 0.722. The molecule has 2 aromatic rings. The average Bonchev–Trinajstić information content (AvgIpc) is 1.44. The van der Waals surface area contributed by atoms with Gasteiger partial charge in [0.1, 0.15) is 141 Å². The van der Waals surface area contributed by atoms with Crippen molar-refractivity contribution in [2.75, 3.05) is 78.3 Å². The van der Waals surface area contributed by atoms with Crippen LogP contribution in [-0.4, -0.2) is 396 Å². The highest BCUT2D eigenvalue weighted by Crippen LogP contribution is 2.45. The van der Waals surface area contributed by atoms with Gasteiger partial charge in [0.05, 0.1) is 50.9 Å². The Balaban J connectivity index is 1.06. The summed E-state index contributed by atoms with van der Waals surface area (Å²) in [5.74, 6) is -11.6. The second-order valence-electron chi connectivity index (χ2n) is 31.5. The first-order valence-electron chi connectivity index (χ1n) is 41.6. The predicted octanol–water partition coefficient (Wildman–Crippen LogP) is -9.19. The maximum absolute atomic E-state index is 15.3. The smallest absolute Gasteiger partial charge is 0.407 e. The van der Waals surface area contributed by atoms with Crippen LogP contribution in [0.2, 0.25) is 0 Å². The number of nitrogens with one attached hydrogen (secondary N) is 9. The number of carboxylic acid groups (broad SMARTS) is 1. The SMILES string of the molecule is CC(=O)N[C@H]1[C@@H](OCCCC[C@H](NC(=O)[C@H](CCCCO[C@H]2O[C@H](CO)[C@H](O)[C@H](O[C@@H]3O[C@H](CO)[C@H](O)[C@H](O)[C@H]3O)[C@H]2NC(C)=O)NC(=O)[C@H](CCCCO[C@H]2O[C@H](CO[C@]3(C(=O)O)C[C@H](O)[C@@H](NC(C)=O)[C@H]([C@H](O)[C@H](O)CO)O3)[C@H](O)[C@H](O)[C@H]2NC(C)=O)NC(=O)OCC2c3ccccc3-c3ccccc32)C(=O)NCCCNC(=O)CS)O[C@H](CO)[C@H](O)[C@@H]1O. The van der Waals surface area contributed by atoms with Crippen molar-refractivity contribution in [1.82, 2.24) is 47.9 Å². The van der Waals surface area contributed by atoms with Crippen molar-refractivity contribution in [3.8, 4) is 11.1 Å². The number of carbonyl (C=O) groups excluding carboxylic acids is 9. The molecular weight excluding hydrogens is 1700 g/mol. The van der Waals surface area contributed by atoms with E-state index >= 15 is 9.59 Å². The molecule has 0 spiro atoms. The summed E-state index contributed by atoms with van der Waals surface area (Å²) in [6.07, 6.45) is -40.0. The van der Waals surface area contributed by atoms with Gasteiger partial charge in [0.25, 0.3) is 5.79 Å².